The molecule has 17 heavy (non-hydrogen) atoms. The summed E-state index contributed by atoms with van der Waals surface area (Å²) >= 11 is 0. The molecule has 6 nitrogen and oxygen atoms in total. The summed E-state index contributed by atoms with van der Waals surface area (Å²) in [6.07, 6.45) is 1.78. The number of hydrogen-bond donors (Lipinski definition) is 3. The van der Waals surface area contributed by atoms with Crippen LogP contribution in [0, 0.1) is 0 Å². The van der Waals surface area contributed by atoms with E-state index in [-0.39, 0.29) is 30.9 Å². The lowest BCUT2D eigenvalue weighted by atomic mass is 10.0. The summed E-state index contributed by atoms with van der Waals surface area (Å²) < 4.78 is 5.37. The first-order valence-corrected chi connectivity index (χ1v) is 5.88. The summed E-state index contributed by atoms with van der Waals surface area (Å²) in [5.41, 5.74) is 5.61. The van der Waals surface area contributed by atoms with Gasteiger partial charge in [0.05, 0.1) is 12.1 Å². The van der Waals surface area contributed by atoms with Crippen molar-refractivity contribution < 1.29 is 19.4 Å². The van der Waals surface area contributed by atoms with Gasteiger partial charge in [-0.25, -0.2) is 0 Å². The average molecular weight is 244 g/mol. The number of aliphatic carboxylic acids is 1. The van der Waals surface area contributed by atoms with E-state index in [1.165, 1.54) is 0 Å². The Kier molecular flexibility index (Phi) is 5.37. The molecule has 1 rings (SSSR count). The molecule has 0 aliphatic carbocycles. The van der Waals surface area contributed by atoms with E-state index in [1.807, 2.05) is 6.92 Å². The summed E-state index contributed by atoms with van der Waals surface area (Å²) in [6.45, 7) is 2.60. The molecular formula is C11H20N2O4. The molecule has 0 bridgehead atoms. The molecule has 6 heteroatoms. The summed E-state index contributed by atoms with van der Waals surface area (Å²) in [5, 5.41) is 11.3. The fourth-order valence-corrected chi connectivity index (χ4v) is 1.85. The predicted octanol–water partition coefficient (Wildman–Crippen LogP) is -0.138. The normalized spacial score (nSPS) is 26.2. The zero-order valence-electron chi connectivity index (χ0n) is 10.0. The Hall–Kier alpha value is -1.14. The van der Waals surface area contributed by atoms with Crippen LogP contribution in [-0.4, -0.2) is 41.8 Å². The number of amides is 1. The summed E-state index contributed by atoms with van der Waals surface area (Å²) in [5.74, 6) is -1.21. The first kappa shape index (κ1) is 13.9. The van der Waals surface area contributed by atoms with Crippen LogP contribution in [0.1, 0.15) is 32.6 Å². The van der Waals surface area contributed by atoms with Crippen molar-refractivity contribution in [2.75, 3.05) is 6.61 Å². The van der Waals surface area contributed by atoms with Gasteiger partial charge >= 0.3 is 5.97 Å². The monoisotopic (exact) mass is 244 g/mol. The minimum Gasteiger partial charge on any atom is -0.481 e. The van der Waals surface area contributed by atoms with E-state index < -0.39 is 12.0 Å². The summed E-state index contributed by atoms with van der Waals surface area (Å²) in [6, 6.07) is -0.661. The largest absolute Gasteiger partial charge is 0.481 e. The maximum atomic E-state index is 11.7. The second-order valence-corrected chi connectivity index (χ2v) is 4.45. The van der Waals surface area contributed by atoms with Gasteiger partial charge in [0.25, 0.3) is 0 Å². The molecule has 0 saturated carbocycles. The van der Waals surface area contributed by atoms with Crippen molar-refractivity contribution in [3.05, 3.63) is 0 Å². The van der Waals surface area contributed by atoms with Crippen LogP contribution in [0.25, 0.3) is 0 Å². The third-order valence-electron chi connectivity index (χ3n) is 2.84. The van der Waals surface area contributed by atoms with Gasteiger partial charge in [-0.1, -0.05) is 0 Å². The average Bonchev–Trinajstić information content (AvgIpc) is 2.25. The van der Waals surface area contributed by atoms with Crippen LogP contribution in [0.5, 0.6) is 0 Å². The third-order valence-corrected chi connectivity index (χ3v) is 2.84. The highest BCUT2D eigenvalue weighted by Gasteiger charge is 2.23. The Morgan fingerprint density at radius 1 is 1.59 bits per heavy atom. The molecule has 0 aromatic heterocycles. The highest BCUT2D eigenvalue weighted by Crippen LogP contribution is 2.13. The number of rotatable bonds is 5. The standard InChI is InChI=1S/C11H20N2O4/c1-7-6-8(4-5-17-7)13-11(16)9(12)2-3-10(14)15/h7-9H,2-6,12H2,1H3,(H,13,16)(H,14,15). The third kappa shape index (κ3) is 5.14. The SMILES string of the molecule is CC1CC(NC(=O)C(N)CCC(=O)O)CCO1. The zero-order chi connectivity index (χ0) is 12.8. The molecule has 1 amide bonds. The molecule has 1 saturated heterocycles. The van der Waals surface area contributed by atoms with Crippen molar-refractivity contribution in [2.24, 2.45) is 5.73 Å². The number of nitrogens with two attached hydrogens (primary N) is 1. The van der Waals surface area contributed by atoms with Gasteiger partial charge in [0.2, 0.25) is 5.91 Å². The van der Waals surface area contributed by atoms with Crippen LogP contribution in [0.3, 0.4) is 0 Å². The topological polar surface area (TPSA) is 102 Å². The number of carbonyl (C=O) groups is 2. The zero-order valence-corrected chi connectivity index (χ0v) is 10.0. The number of hydrogen-bond acceptors (Lipinski definition) is 4. The maximum absolute atomic E-state index is 11.7. The Balaban J connectivity index is 2.29. The fraction of sp³-hybridized carbons (Fsp3) is 0.818. The lowest BCUT2D eigenvalue weighted by Gasteiger charge is -2.28. The van der Waals surface area contributed by atoms with Crippen molar-refractivity contribution in [2.45, 2.75) is 50.8 Å². The molecule has 1 aliphatic heterocycles. The number of nitrogens with one attached hydrogen (secondary N) is 1. The molecule has 3 atom stereocenters. The Morgan fingerprint density at radius 2 is 2.29 bits per heavy atom. The van der Waals surface area contributed by atoms with Crippen LogP contribution in [0.2, 0.25) is 0 Å². The Labute approximate surface area is 101 Å². The highest BCUT2D eigenvalue weighted by atomic mass is 16.5. The first-order chi connectivity index (χ1) is 7.99. The lowest BCUT2D eigenvalue weighted by molar-refractivity contribution is -0.137. The highest BCUT2D eigenvalue weighted by molar-refractivity contribution is 5.82. The van der Waals surface area contributed by atoms with Crippen molar-refractivity contribution in [1.29, 1.82) is 0 Å². The smallest absolute Gasteiger partial charge is 0.303 e. The number of carboxylic acid groups (broad SMARTS) is 1. The molecule has 4 N–H and O–H groups in total. The van der Waals surface area contributed by atoms with Crippen molar-refractivity contribution >= 4 is 11.9 Å². The van der Waals surface area contributed by atoms with E-state index >= 15 is 0 Å². The molecule has 0 aromatic carbocycles. The van der Waals surface area contributed by atoms with Crippen LogP contribution < -0.4 is 11.1 Å². The van der Waals surface area contributed by atoms with E-state index in [2.05, 4.69) is 5.32 Å². The van der Waals surface area contributed by atoms with Crippen LogP contribution in [0.15, 0.2) is 0 Å². The molecule has 1 heterocycles. The van der Waals surface area contributed by atoms with Gasteiger partial charge in [0, 0.05) is 19.1 Å². The van der Waals surface area contributed by atoms with Gasteiger partial charge in [-0.2, -0.15) is 0 Å². The minimum atomic E-state index is -0.937. The van der Waals surface area contributed by atoms with Crippen LogP contribution in [-0.2, 0) is 14.3 Å². The van der Waals surface area contributed by atoms with E-state index in [9.17, 15) is 9.59 Å². The first-order valence-electron chi connectivity index (χ1n) is 5.88. The molecular weight excluding hydrogens is 224 g/mol. The van der Waals surface area contributed by atoms with Gasteiger partial charge in [-0.15, -0.1) is 0 Å². The van der Waals surface area contributed by atoms with Crippen molar-refractivity contribution in [3.63, 3.8) is 0 Å². The van der Waals surface area contributed by atoms with Gasteiger partial charge in [0.15, 0.2) is 0 Å². The van der Waals surface area contributed by atoms with Gasteiger partial charge in [-0.05, 0) is 26.2 Å². The van der Waals surface area contributed by atoms with Gasteiger partial charge in [-0.3, -0.25) is 9.59 Å². The van der Waals surface area contributed by atoms with E-state index in [0.717, 1.165) is 12.8 Å². The predicted molar refractivity (Wildman–Crippen MR) is 61.4 cm³/mol. The number of carbonyl (C=O) groups excluding carboxylic acids is 1. The second-order valence-electron chi connectivity index (χ2n) is 4.45. The Morgan fingerprint density at radius 3 is 2.88 bits per heavy atom. The van der Waals surface area contributed by atoms with E-state index in [1.54, 1.807) is 0 Å². The fourth-order valence-electron chi connectivity index (χ4n) is 1.85. The molecule has 1 aliphatic rings. The molecule has 1 fully saturated rings. The van der Waals surface area contributed by atoms with E-state index in [4.69, 9.17) is 15.6 Å². The number of ether oxygens (including phenoxy) is 1. The van der Waals surface area contributed by atoms with Crippen LogP contribution >= 0.6 is 0 Å². The molecule has 0 spiro atoms. The maximum Gasteiger partial charge on any atom is 0.303 e. The second kappa shape index (κ2) is 6.56. The van der Waals surface area contributed by atoms with Gasteiger partial charge < -0.3 is 20.9 Å². The quantitative estimate of drug-likeness (QED) is 0.625. The summed E-state index contributed by atoms with van der Waals surface area (Å²) in [4.78, 5) is 22.0. The van der Waals surface area contributed by atoms with E-state index in [0.29, 0.717) is 6.61 Å². The Bertz CT molecular complexity index is 283. The molecule has 3 unspecified atom stereocenters. The minimum absolute atomic E-state index is 0.0846. The number of carboxylic acids is 1. The lowest BCUT2D eigenvalue weighted by Crippen LogP contribution is -2.48. The van der Waals surface area contributed by atoms with Crippen molar-refractivity contribution in [3.8, 4) is 0 Å². The van der Waals surface area contributed by atoms with Gasteiger partial charge in [0.1, 0.15) is 0 Å². The molecule has 98 valence electrons. The molecule has 0 radical (unpaired) electrons. The van der Waals surface area contributed by atoms with Crippen molar-refractivity contribution in [1.82, 2.24) is 5.32 Å². The summed E-state index contributed by atoms with van der Waals surface area (Å²) in [7, 11) is 0. The molecule has 0 aromatic rings. The van der Waals surface area contributed by atoms with Crippen LogP contribution in [0.4, 0.5) is 0 Å².